The number of pyridine rings is 1. The Morgan fingerprint density at radius 1 is 0.850 bits per heavy atom. The summed E-state index contributed by atoms with van der Waals surface area (Å²) in [7, 11) is -1.35. The van der Waals surface area contributed by atoms with Crippen molar-refractivity contribution in [2.45, 2.75) is 6.92 Å². The van der Waals surface area contributed by atoms with Gasteiger partial charge in [0.1, 0.15) is 0 Å². The maximum atomic E-state index is 8.76. The van der Waals surface area contributed by atoms with Gasteiger partial charge in [-0.3, -0.25) is 4.98 Å². The Kier molecular flexibility index (Phi) is 4.88. The molecule has 0 amide bonds. The Morgan fingerprint density at radius 2 is 1.50 bits per heavy atom. The van der Waals surface area contributed by atoms with Gasteiger partial charge in [0.25, 0.3) is 0 Å². The summed E-state index contributed by atoms with van der Waals surface area (Å²) in [6, 6.07) is 19.3. The highest BCUT2D eigenvalue weighted by Gasteiger charge is 2.11. The summed E-state index contributed by atoms with van der Waals surface area (Å²) in [4.78, 5) is 4.18. The zero-order valence-corrected chi connectivity index (χ0v) is 11.3. The van der Waals surface area contributed by atoms with E-state index in [-0.39, 0.29) is 0 Å². The van der Waals surface area contributed by atoms with Crippen LogP contribution in [0.5, 0.6) is 0 Å². The Balaban J connectivity index is 0.000000147. The first kappa shape index (κ1) is 14.2. The van der Waals surface area contributed by atoms with Crippen molar-refractivity contribution in [1.29, 1.82) is 0 Å². The first-order valence-corrected chi connectivity index (χ1v) is 6.40. The van der Waals surface area contributed by atoms with E-state index in [1.807, 2.05) is 49.5 Å². The lowest BCUT2D eigenvalue weighted by Crippen LogP contribution is -2.31. The fraction of sp³-hybridized carbons (Fsp3) is 0.0625. The van der Waals surface area contributed by atoms with E-state index in [4.69, 9.17) is 10.0 Å². The lowest BCUT2D eigenvalue weighted by atomic mass is 9.77. The van der Waals surface area contributed by atoms with Crippen LogP contribution in [-0.2, 0) is 0 Å². The van der Waals surface area contributed by atoms with Crippen molar-refractivity contribution in [3.05, 3.63) is 72.4 Å². The Morgan fingerprint density at radius 3 is 2.15 bits per heavy atom. The van der Waals surface area contributed by atoms with Crippen LogP contribution in [0.2, 0.25) is 0 Å². The minimum absolute atomic E-state index is 0.572. The van der Waals surface area contributed by atoms with E-state index in [0.717, 1.165) is 11.1 Å². The van der Waals surface area contributed by atoms with E-state index in [1.54, 1.807) is 12.1 Å². The van der Waals surface area contributed by atoms with E-state index in [9.17, 15) is 0 Å². The van der Waals surface area contributed by atoms with Crippen molar-refractivity contribution in [2.24, 2.45) is 0 Å². The predicted octanol–water partition coefficient (Wildman–Crippen LogP) is 1.91. The number of hydrogen-bond donors (Lipinski definition) is 2. The fourth-order valence-corrected chi connectivity index (χ4v) is 1.89. The van der Waals surface area contributed by atoms with Gasteiger partial charge in [-0.1, -0.05) is 54.1 Å². The minimum Gasteiger partial charge on any atom is -0.423 e. The number of para-hydroxylation sites is 1. The smallest absolute Gasteiger partial charge is 0.423 e. The number of aromatic nitrogens is 1. The second-order valence-corrected chi connectivity index (χ2v) is 4.43. The van der Waals surface area contributed by atoms with Gasteiger partial charge in [0, 0.05) is 11.6 Å². The third-order valence-electron chi connectivity index (χ3n) is 2.98. The van der Waals surface area contributed by atoms with Crippen LogP contribution in [0.25, 0.3) is 10.9 Å². The molecule has 2 aromatic carbocycles. The molecule has 1 heterocycles. The number of nitrogens with zero attached hydrogens (tertiary/aromatic N) is 1. The van der Waals surface area contributed by atoms with Gasteiger partial charge in [-0.15, -0.1) is 0 Å². The van der Waals surface area contributed by atoms with Crippen molar-refractivity contribution >= 4 is 23.5 Å². The molecule has 2 N–H and O–H groups in total. The highest BCUT2D eigenvalue weighted by molar-refractivity contribution is 6.59. The molecule has 0 aliphatic carbocycles. The van der Waals surface area contributed by atoms with Gasteiger partial charge in [0.05, 0.1) is 5.52 Å². The molecule has 4 heteroatoms. The molecule has 3 nitrogen and oxygen atoms in total. The van der Waals surface area contributed by atoms with Crippen molar-refractivity contribution in [3.8, 4) is 0 Å². The molecule has 1 aromatic heterocycles. The molecule has 20 heavy (non-hydrogen) atoms. The average molecular weight is 265 g/mol. The summed E-state index contributed by atoms with van der Waals surface area (Å²) in [5.74, 6) is 0. The van der Waals surface area contributed by atoms with Gasteiger partial charge < -0.3 is 10.0 Å². The van der Waals surface area contributed by atoms with Crippen molar-refractivity contribution < 1.29 is 10.0 Å². The number of rotatable bonds is 1. The van der Waals surface area contributed by atoms with Crippen LogP contribution in [0.15, 0.2) is 66.9 Å². The van der Waals surface area contributed by atoms with Gasteiger partial charge in [-0.25, -0.2) is 0 Å². The van der Waals surface area contributed by atoms with Crippen LogP contribution in [0, 0.1) is 6.92 Å². The highest BCUT2D eigenvalue weighted by Crippen LogP contribution is 2.07. The van der Waals surface area contributed by atoms with Crippen LogP contribution < -0.4 is 5.46 Å². The van der Waals surface area contributed by atoms with E-state index in [2.05, 4.69) is 17.1 Å². The Labute approximate surface area is 118 Å². The van der Waals surface area contributed by atoms with E-state index < -0.39 is 7.12 Å². The molecular formula is C16H16BNO2. The Hall–Kier alpha value is -2.17. The summed E-state index contributed by atoms with van der Waals surface area (Å²) in [5.41, 5.74) is 2.53. The zero-order chi connectivity index (χ0) is 14.4. The first-order valence-electron chi connectivity index (χ1n) is 6.40. The Bertz CT molecular complexity index is 620. The van der Waals surface area contributed by atoms with Crippen LogP contribution in [0.3, 0.4) is 0 Å². The number of fused-ring (bicyclic) bond motifs is 1. The van der Waals surface area contributed by atoms with Crippen LogP contribution in [0.1, 0.15) is 5.56 Å². The maximum Gasteiger partial charge on any atom is 0.488 e. The second-order valence-electron chi connectivity index (χ2n) is 4.43. The van der Waals surface area contributed by atoms with Crippen LogP contribution in [0.4, 0.5) is 0 Å². The molecule has 0 fully saturated rings. The average Bonchev–Trinajstić information content (AvgIpc) is 2.48. The van der Waals surface area contributed by atoms with Crippen molar-refractivity contribution in [3.63, 3.8) is 0 Å². The van der Waals surface area contributed by atoms with Crippen LogP contribution >= 0.6 is 0 Å². The van der Waals surface area contributed by atoms with Gasteiger partial charge in [-0.2, -0.15) is 0 Å². The molecule has 3 aromatic rings. The molecule has 0 bridgehead atoms. The monoisotopic (exact) mass is 265 g/mol. The quantitative estimate of drug-likeness (QED) is 0.661. The molecule has 3 rings (SSSR count). The summed E-state index contributed by atoms with van der Waals surface area (Å²) in [6.07, 6.45) is 1.81. The largest absolute Gasteiger partial charge is 0.488 e. The van der Waals surface area contributed by atoms with Gasteiger partial charge in [0.15, 0.2) is 0 Å². The van der Waals surface area contributed by atoms with E-state index >= 15 is 0 Å². The van der Waals surface area contributed by atoms with Crippen LogP contribution in [-0.4, -0.2) is 22.2 Å². The standard InChI is InChI=1S/C9H7N.C7H9BO2/c1-2-6-9-8(4-1)5-3-7-10-9;1-6-4-2-3-5-7(6)8(9)10/h1-7H;2-5,9-10H,1H3. The topological polar surface area (TPSA) is 53.4 Å². The zero-order valence-electron chi connectivity index (χ0n) is 11.3. The molecule has 100 valence electrons. The van der Waals surface area contributed by atoms with Gasteiger partial charge in [-0.05, 0) is 24.5 Å². The summed E-state index contributed by atoms with van der Waals surface area (Å²) < 4.78 is 0. The number of benzene rings is 2. The maximum absolute atomic E-state index is 8.76. The molecule has 0 aliphatic heterocycles. The normalized spacial score (nSPS) is 9.75. The molecule has 0 saturated heterocycles. The summed E-state index contributed by atoms with van der Waals surface area (Å²) in [6.45, 7) is 1.84. The second kappa shape index (κ2) is 6.84. The number of aryl methyl sites for hydroxylation is 1. The molecule has 0 spiro atoms. The lowest BCUT2D eigenvalue weighted by Gasteiger charge is -2.01. The fourth-order valence-electron chi connectivity index (χ4n) is 1.89. The van der Waals surface area contributed by atoms with Gasteiger partial charge in [0.2, 0.25) is 0 Å². The molecule has 0 aliphatic rings. The van der Waals surface area contributed by atoms with E-state index in [0.29, 0.717) is 5.46 Å². The summed E-state index contributed by atoms with van der Waals surface area (Å²) in [5, 5.41) is 18.7. The molecule has 0 saturated carbocycles. The number of hydrogen-bond acceptors (Lipinski definition) is 3. The van der Waals surface area contributed by atoms with Gasteiger partial charge >= 0.3 is 7.12 Å². The predicted molar refractivity (Wildman–Crippen MR) is 82.7 cm³/mol. The molecule has 0 atom stereocenters. The van der Waals surface area contributed by atoms with E-state index in [1.165, 1.54) is 5.39 Å². The highest BCUT2D eigenvalue weighted by atomic mass is 16.4. The minimum atomic E-state index is -1.35. The summed E-state index contributed by atoms with van der Waals surface area (Å²) >= 11 is 0. The molecular weight excluding hydrogens is 249 g/mol. The first-order chi connectivity index (χ1) is 9.68. The van der Waals surface area contributed by atoms with Crippen molar-refractivity contribution in [2.75, 3.05) is 0 Å². The molecule has 0 radical (unpaired) electrons. The third kappa shape index (κ3) is 3.67. The lowest BCUT2D eigenvalue weighted by molar-refractivity contribution is 0.425. The molecule has 0 unspecified atom stereocenters. The SMILES string of the molecule is Cc1ccccc1B(O)O.c1ccc2ncccc2c1. The third-order valence-corrected chi connectivity index (χ3v) is 2.98. The van der Waals surface area contributed by atoms with Crippen molar-refractivity contribution in [1.82, 2.24) is 4.98 Å².